The predicted molar refractivity (Wildman–Crippen MR) is 82.9 cm³/mol. The molecule has 0 radical (unpaired) electrons. The van der Waals surface area contributed by atoms with Crippen molar-refractivity contribution in [3.63, 3.8) is 0 Å². The van der Waals surface area contributed by atoms with Gasteiger partial charge in [0, 0.05) is 6.04 Å². The van der Waals surface area contributed by atoms with Gasteiger partial charge in [-0.1, -0.05) is 45.1 Å². The number of unbranched alkanes of at least 4 members (excludes halogenated alkanes) is 1. The number of anilines is 1. The highest BCUT2D eigenvalue weighted by Gasteiger charge is 2.15. The van der Waals surface area contributed by atoms with Gasteiger partial charge < -0.3 is 15.1 Å². The standard InChI is InChI=1S/C15H30N4O/c1-5-8-10-13(9-6-2)17-15-19-18-14(20-15)12(4)16-11-7-3/h12-13,16H,5-11H2,1-4H3,(H,17,19). The number of rotatable bonds is 11. The van der Waals surface area contributed by atoms with Crippen molar-refractivity contribution in [3.05, 3.63) is 5.89 Å². The summed E-state index contributed by atoms with van der Waals surface area (Å²) < 4.78 is 5.70. The molecule has 20 heavy (non-hydrogen) atoms. The molecule has 0 fully saturated rings. The lowest BCUT2D eigenvalue weighted by molar-refractivity contribution is 0.418. The van der Waals surface area contributed by atoms with Crippen LogP contribution in [0.3, 0.4) is 0 Å². The Labute approximate surface area is 122 Å². The molecule has 0 spiro atoms. The highest BCUT2D eigenvalue weighted by atomic mass is 16.4. The van der Waals surface area contributed by atoms with E-state index in [2.05, 4.69) is 41.6 Å². The van der Waals surface area contributed by atoms with E-state index < -0.39 is 0 Å². The molecule has 0 saturated heterocycles. The Morgan fingerprint density at radius 3 is 2.50 bits per heavy atom. The van der Waals surface area contributed by atoms with Crippen LogP contribution in [-0.2, 0) is 0 Å². The second-order valence-electron chi connectivity index (χ2n) is 5.39. The van der Waals surface area contributed by atoms with Crippen molar-refractivity contribution < 1.29 is 4.42 Å². The number of nitrogens with zero attached hydrogens (tertiary/aromatic N) is 2. The number of hydrogen-bond donors (Lipinski definition) is 2. The van der Waals surface area contributed by atoms with Crippen LogP contribution in [0.1, 0.15) is 78.2 Å². The Morgan fingerprint density at radius 2 is 1.85 bits per heavy atom. The number of hydrogen-bond acceptors (Lipinski definition) is 5. The summed E-state index contributed by atoms with van der Waals surface area (Å²) in [7, 11) is 0. The van der Waals surface area contributed by atoms with Crippen LogP contribution in [0.2, 0.25) is 0 Å². The van der Waals surface area contributed by atoms with Gasteiger partial charge in [-0.05, 0) is 32.7 Å². The van der Waals surface area contributed by atoms with E-state index >= 15 is 0 Å². The summed E-state index contributed by atoms with van der Waals surface area (Å²) in [5.41, 5.74) is 0. The van der Waals surface area contributed by atoms with E-state index in [4.69, 9.17) is 4.42 Å². The van der Waals surface area contributed by atoms with Gasteiger partial charge in [0.2, 0.25) is 5.89 Å². The lowest BCUT2D eigenvalue weighted by atomic mass is 10.1. The van der Waals surface area contributed by atoms with Crippen molar-refractivity contribution in [2.45, 2.75) is 78.3 Å². The maximum Gasteiger partial charge on any atom is 0.315 e. The highest BCUT2D eigenvalue weighted by Crippen LogP contribution is 2.17. The van der Waals surface area contributed by atoms with Crippen LogP contribution in [0.5, 0.6) is 0 Å². The molecule has 1 aromatic heterocycles. The lowest BCUT2D eigenvalue weighted by Crippen LogP contribution is -2.20. The van der Waals surface area contributed by atoms with Gasteiger partial charge in [-0.2, -0.15) is 0 Å². The quantitative estimate of drug-likeness (QED) is 0.644. The molecule has 2 unspecified atom stereocenters. The van der Waals surface area contributed by atoms with Crippen molar-refractivity contribution in [1.29, 1.82) is 0 Å². The molecule has 5 nitrogen and oxygen atoms in total. The van der Waals surface area contributed by atoms with E-state index in [0.717, 1.165) is 32.2 Å². The van der Waals surface area contributed by atoms with E-state index in [1.165, 1.54) is 12.8 Å². The fourth-order valence-electron chi connectivity index (χ4n) is 2.18. The maximum atomic E-state index is 5.70. The smallest absolute Gasteiger partial charge is 0.315 e. The topological polar surface area (TPSA) is 63.0 Å². The Morgan fingerprint density at radius 1 is 1.05 bits per heavy atom. The van der Waals surface area contributed by atoms with Crippen molar-refractivity contribution in [3.8, 4) is 0 Å². The molecule has 1 rings (SSSR count). The molecular formula is C15H30N4O. The third-order valence-corrected chi connectivity index (χ3v) is 3.38. The number of aromatic nitrogens is 2. The molecule has 0 aliphatic carbocycles. The summed E-state index contributed by atoms with van der Waals surface area (Å²) in [6.07, 6.45) is 7.01. The highest BCUT2D eigenvalue weighted by molar-refractivity contribution is 5.19. The largest absolute Gasteiger partial charge is 0.406 e. The van der Waals surface area contributed by atoms with Gasteiger partial charge in [0.05, 0.1) is 6.04 Å². The molecule has 0 aromatic carbocycles. The monoisotopic (exact) mass is 282 g/mol. The third kappa shape index (κ3) is 5.90. The first-order valence-electron chi connectivity index (χ1n) is 8.04. The molecule has 1 heterocycles. The van der Waals surface area contributed by atoms with Crippen LogP contribution < -0.4 is 10.6 Å². The first-order valence-corrected chi connectivity index (χ1v) is 8.04. The molecule has 0 bridgehead atoms. The van der Waals surface area contributed by atoms with Crippen LogP contribution in [0.15, 0.2) is 4.42 Å². The molecule has 0 amide bonds. The van der Waals surface area contributed by atoms with Gasteiger partial charge in [0.25, 0.3) is 0 Å². The Kier molecular flexibility index (Phi) is 8.26. The van der Waals surface area contributed by atoms with E-state index in [-0.39, 0.29) is 6.04 Å². The summed E-state index contributed by atoms with van der Waals surface area (Å²) in [6.45, 7) is 9.57. The SMILES string of the molecule is CCCCC(CCC)Nc1nnc(C(C)NCCC)o1. The minimum atomic E-state index is 0.110. The van der Waals surface area contributed by atoms with Gasteiger partial charge in [0.1, 0.15) is 0 Å². The van der Waals surface area contributed by atoms with E-state index in [1.54, 1.807) is 0 Å². The average molecular weight is 282 g/mol. The average Bonchev–Trinajstić information content (AvgIpc) is 2.91. The molecule has 5 heteroatoms. The maximum absolute atomic E-state index is 5.70. The summed E-state index contributed by atoms with van der Waals surface area (Å²) in [6, 6.07) is 1.10. The zero-order valence-corrected chi connectivity index (χ0v) is 13.4. The number of nitrogens with one attached hydrogen (secondary N) is 2. The van der Waals surface area contributed by atoms with E-state index in [0.29, 0.717) is 17.9 Å². The fourth-order valence-corrected chi connectivity index (χ4v) is 2.18. The Hall–Kier alpha value is -1.10. The summed E-state index contributed by atoms with van der Waals surface area (Å²) >= 11 is 0. The van der Waals surface area contributed by atoms with Crippen LogP contribution in [0, 0.1) is 0 Å². The van der Waals surface area contributed by atoms with Gasteiger partial charge in [-0.25, -0.2) is 0 Å². The van der Waals surface area contributed by atoms with Gasteiger partial charge in [-0.3, -0.25) is 0 Å². The Balaban J connectivity index is 2.51. The normalized spacial score (nSPS) is 14.2. The van der Waals surface area contributed by atoms with Gasteiger partial charge in [0.15, 0.2) is 0 Å². The summed E-state index contributed by atoms with van der Waals surface area (Å²) in [5.74, 6) is 0.659. The second-order valence-corrected chi connectivity index (χ2v) is 5.39. The molecule has 1 aromatic rings. The summed E-state index contributed by atoms with van der Waals surface area (Å²) in [5, 5.41) is 15.0. The van der Waals surface area contributed by atoms with Gasteiger partial charge in [-0.15, -0.1) is 5.10 Å². The molecule has 2 N–H and O–H groups in total. The molecule has 116 valence electrons. The van der Waals surface area contributed by atoms with Crippen LogP contribution in [-0.4, -0.2) is 22.8 Å². The molecule has 0 aliphatic rings. The molecule has 0 aliphatic heterocycles. The third-order valence-electron chi connectivity index (χ3n) is 3.38. The Bertz CT molecular complexity index is 353. The summed E-state index contributed by atoms with van der Waals surface area (Å²) in [4.78, 5) is 0. The molecular weight excluding hydrogens is 252 g/mol. The van der Waals surface area contributed by atoms with Crippen molar-refractivity contribution in [2.75, 3.05) is 11.9 Å². The lowest BCUT2D eigenvalue weighted by Gasteiger charge is -2.15. The van der Waals surface area contributed by atoms with E-state index in [1.807, 2.05) is 6.92 Å². The minimum Gasteiger partial charge on any atom is -0.406 e. The molecule has 2 atom stereocenters. The fraction of sp³-hybridized carbons (Fsp3) is 0.867. The zero-order chi connectivity index (χ0) is 14.8. The molecule has 0 saturated carbocycles. The van der Waals surface area contributed by atoms with Gasteiger partial charge >= 0.3 is 6.01 Å². The minimum absolute atomic E-state index is 0.110. The second kappa shape index (κ2) is 9.75. The first-order chi connectivity index (χ1) is 9.71. The first kappa shape index (κ1) is 17.0. The van der Waals surface area contributed by atoms with E-state index in [9.17, 15) is 0 Å². The van der Waals surface area contributed by atoms with Crippen LogP contribution in [0.25, 0.3) is 0 Å². The van der Waals surface area contributed by atoms with Crippen molar-refractivity contribution in [1.82, 2.24) is 15.5 Å². The van der Waals surface area contributed by atoms with Crippen molar-refractivity contribution in [2.24, 2.45) is 0 Å². The van der Waals surface area contributed by atoms with Crippen molar-refractivity contribution >= 4 is 6.01 Å². The predicted octanol–water partition coefficient (Wildman–Crippen LogP) is 3.90. The van der Waals surface area contributed by atoms with Crippen LogP contribution in [0.4, 0.5) is 6.01 Å². The van der Waals surface area contributed by atoms with Crippen LogP contribution >= 0.6 is 0 Å². The zero-order valence-electron chi connectivity index (χ0n) is 13.4.